The van der Waals surface area contributed by atoms with Gasteiger partial charge in [-0.3, -0.25) is 0 Å². The van der Waals surface area contributed by atoms with Gasteiger partial charge in [-0.25, -0.2) is 9.48 Å². The Morgan fingerprint density at radius 3 is 2.48 bits per heavy atom. The van der Waals surface area contributed by atoms with Gasteiger partial charge in [-0.2, -0.15) is 5.10 Å². The predicted octanol–water partition coefficient (Wildman–Crippen LogP) is 2.98. The fourth-order valence-electron chi connectivity index (χ4n) is 2.25. The monoisotopic (exact) mass is 287 g/mol. The van der Waals surface area contributed by atoms with Gasteiger partial charge < -0.3 is 10.0 Å². The van der Waals surface area contributed by atoms with E-state index < -0.39 is 5.97 Å². The summed E-state index contributed by atoms with van der Waals surface area (Å²) in [6.07, 6.45) is 4.12. The lowest BCUT2D eigenvalue weighted by Crippen LogP contribution is -2.09. The van der Waals surface area contributed by atoms with Crippen LogP contribution in [0.15, 0.2) is 30.5 Å². The van der Waals surface area contributed by atoms with Gasteiger partial charge >= 0.3 is 5.97 Å². The Morgan fingerprint density at radius 1 is 1.29 bits per heavy atom. The maximum absolute atomic E-state index is 11.3. The SMILES string of the molecule is CCCCc1c(C(=O)O)cnn1-c1ccc(N(C)C)cc1. The van der Waals surface area contributed by atoms with Crippen molar-refractivity contribution in [2.75, 3.05) is 19.0 Å². The van der Waals surface area contributed by atoms with Gasteiger partial charge in [0, 0.05) is 19.8 Å². The van der Waals surface area contributed by atoms with Crippen LogP contribution in [0.3, 0.4) is 0 Å². The fourth-order valence-corrected chi connectivity index (χ4v) is 2.25. The van der Waals surface area contributed by atoms with Gasteiger partial charge in [0.25, 0.3) is 0 Å². The number of carboxylic acid groups (broad SMARTS) is 1. The maximum Gasteiger partial charge on any atom is 0.339 e. The number of nitrogens with zero attached hydrogens (tertiary/aromatic N) is 3. The minimum atomic E-state index is -0.919. The minimum absolute atomic E-state index is 0.292. The highest BCUT2D eigenvalue weighted by atomic mass is 16.4. The van der Waals surface area contributed by atoms with Crippen LogP contribution < -0.4 is 4.90 Å². The van der Waals surface area contributed by atoms with Crippen molar-refractivity contribution >= 4 is 11.7 Å². The first-order valence-corrected chi connectivity index (χ1v) is 7.12. The van der Waals surface area contributed by atoms with Crippen molar-refractivity contribution in [3.63, 3.8) is 0 Å². The van der Waals surface area contributed by atoms with E-state index in [1.54, 1.807) is 4.68 Å². The molecule has 1 aromatic carbocycles. The molecule has 0 aliphatic carbocycles. The molecule has 0 aliphatic heterocycles. The molecular weight excluding hydrogens is 266 g/mol. The fraction of sp³-hybridized carbons (Fsp3) is 0.375. The Bertz CT molecular complexity index is 615. The lowest BCUT2D eigenvalue weighted by atomic mass is 10.1. The van der Waals surface area contributed by atoms with Crippen LogP contribution >= 0.6 is 0 Å². The van der Waals surface area contributed by atoms with Gasteiger partial charge in [0.15, 0.2) is 0 Å². The van der Waals surface area contributed by atoms with Crippen LogP contribution in [0, 0.1) is 0 Å². The van der Waals surface area contributed by atoms with Gasteiger partial charge in [0.2, 0.25) is 0 Å². The first-order chi connectivity index (χ1) is 10.0. The Kier molecular flexibility index (Phi) is 4.62. The number of anilines is 1. The lowest BCUT2D eigenvalue weighted by Gasteiger charge is -2.13. The van der Waals surface area contributed by atoms with Crippen molar-refractivity contribution in [1.29, 1.82) is 0 Å². The van der Waals surface area contributed by atoms with Crippen LogP contribution in [0.1, 0.15) is 35.8 Å². The van der Waals surface area contributed by atoms with E-state index in [9.17, 15) is 9.90 Å². The van der Waals surface area contributed by atoms with E-state index in [-0.39, 0.29) is 0 Å². The van der Waals surface area contributed by atoms with Gasteiger partial charge in [-0.15, -0.1) is 0 Å². The number of aromatic nitrogens is 2. The highest BCUT2D eigenvalue weighted by molar-refractivity contribution is 5.88. The largest absolute Gasteiger partial charge is 0.478 e. The quantitative estimate of drug-likeness (QED) is 0.887. The number of benzene rings is 1. The van der Waals surface area contributed by atoms with Crippen LogP contribution in [-0.2, 0) is 6.42 Å². The zero-order chi connectivity index (χ0) is 15.4. The van der Waals surface area contributed by atoms with Gasteiger partial charge in [0.05, 0.1) is 17.6 Å². The molecule has 0 bridgehead atoms. The minimum Gasteiger partial charge on any atom is -0.478 e. The van der Waals surface area contributed by atoms with Crippen LogP contribution in [0.4, 0.5) is 5.69 Å². The molecule has 0 radical (unpaired) electrons. The lowest BCUT2D eigenvalue weighted by molar-refractivity contribution is 0.0695. The van der Waals surface area contributed by atoms with Crippen LogP contribution in [0.5, 0.6) is 0 Å². The second kappa shape index (κ2) is 6.43. The highest BCUT2D eigenvalue weighted by Gasteiger charge is 2.17. The zero-order valence-electron chi connectivity index (χ0n) is 12.7. The summed E-state index contributed by atoms with van der Waals surface area (Å²) in [4.78, 5) is 13.3. The number of rotatable bonds is 6. The van der Waals surface area contributed by atoms with Gasteiger partial charge in [-0.05, 0) is 37.1 Å². The van der Waals surface area contributed by atoms with E-state index >= 15 is 0 Å². The molecule has 21 heavy (non-hydrogen) atoms. The summed E-state index contributed by atoms with van der Waals surface area (Å²) in [5, 5.41) is 13.5. The van der Waals surface area contributed by atoms with Crippen molar-refractivity contribution in [2.24, 2.45) is 0 Å². The summed E-state index contributed by atoms with van der Waals surface area (Å²) in [6, 6.07) is 7.93. The number of hydrogen-bond donors (Lipinski definition) is 1. The van der Waals surface area contributed by atoms with Crippen molar-refractivity contribution in [3.05, 3.63) is 41.7 Å². The molecular formula is C16H21N3O2. The van der Waals surface area contributed by atoms with Crippen LogP contribution in [0.2, 0.25) is 0 Å². The molecule has 0 saturated carbocycles. The molecule has 0 amide bonds. The topological polar surface area (TPSA) is 58.4 Å². The molecule has 1 aromatic heterocycles. The molecule has 1 N–H and O–H groups in total. The average molecular weight is 287 g/mol. The summed E-state index contributed by atoms with van der Waals surface area (Å²) in [7, 11) is 3.97. The van der Waals surface area contributed by atoms with Crippen molar-refractivity contribution < 1.29 is 9.90 Å². The normalized spacial score (nSPS) is 10.6. The maximum atomic E-state index is 11.3. The van der Waals surface area contributed by atoms with Crippen LogP contribution in [0.25, 0.3) is 5.69 Å². The summed E-state index contributed by atoms with van der Waals surface area (Å²) < 4.78 is 1.73. The molecule has 112 valence electrons. The summed E-state index contributed by atoms with van der Waals surface area (Å²) in [6.45, 7) is 2.09. The van der Waals surface area contributed by atoms with E-state index in [0.29, 0.717) is 12.0 Å². The zero-order valence-corrected chi connectivity index (χ0v) is 12.7. The van der Waals surface area contributed by atoms with E-state index in [1.165, 1.54) is 6.20 Å². The highest BCUT2D eigenvalue weighted by Crippen LogP contribution is 2.20. The molecule has 0 unspecified atom stereocenters. The molecule has 1 heterocycles. The summed E-state index contributed by atoms with van der Waals surface area (Å²) in [5.41, 5.74) is 3.04. The molecule has 5 nitrogen and oxygen atoms in total. The molecule has 0 fully saturated rings. The summed E-state index contributed by atoms with van der Waals surface area (Å²) >= 11 is 0. The first kappa shape index (κ1) is 15.1. The Morgan fingerprint density at radius 2 is 1.95 bits per heavy atom. The summed E-state index contributed by atoms with van der Waals surface area (Å²) in [5.74, 6) is -0.919. The first-order valence-electron chi connectivity index (χ1n) is 7.12. The van der Waals surface area contributed by atoms with Crippen molar-refractivity contribution in [3.8, 4) is 5.69 Å². The molecule has 2 aromatic rings. The number of carbonyl (C=O) groups is 1. The van der Waals surface area contributed by atoms with E-state index in [2.05, 4.69) is 12.0 Å². The van der Waals surface area contributed by atoms with Crippen molar-refractivity contribution in [2.45, 2.75) is 26.2 Å². The van der Waals surface area contributed by atoms with Gasteiger partial charge in [0.1, 0.15) is 5.56 Å². The number of carboxylic acids is 1. The van der Waals surface area contributed by atoms with E-state index in [0.717, 1.165) is 29.9 Å². The number of unbranched alkanes of at least 4 members (excludes halogenated alkanes) is 1. The molecule has 0 saturated heterocycles. The third-order valence-corrected chi connectivity index (χ3v) is 3.48. The number of hydrogen-bond acceptors (Lipinski definition) is 3. The number of aromatic carboxylic acids is 1. The van der Waals surface area contributed by atoms with Gasteiger partial charge in [-0.1, -0.05) is 13.3 Å². The molecule has 2 rings (SSSR count). The smallest absolute Gasteiger partial charge is 0.339 e. The average Bonchev–Trinajstić information content (AvgIpc) is 2.89. The third-order valence-electron chi connectivity index (χ3n) is 3.48. The van der Waals surface area contributed by atoms with Crippen LogP contribution in [-0.4, -0.2) is 35.0 Å². The Balaban J connectivity index is 2.40. The predicted molar refractivity (Wildman–Crippen MR) is 83.5 cm³/mol. The second-order valence-electron chi connectivity index (χ2n) is 5.24. The standard InChI is InChI=1S/C16H21N3O2/c1-4-5-6-15-14(16(20)21)11-17-19(15)13-9-7-12(8-10-13)18(2)3/h7-11H,4-6H2,1-3H3,(H,20,21). The third kappa shape index (κ3) is 3.24. The molecule has 0 spiro atoms. The molecule has 5 heteroatoms. The van der Waals surface area contributed by atoms with E-state index in [4.69, 9.17) is 0 Å². The molecule has 0 aliphatic rings. The Hall–Kier alpha value is -2.30. The second-order valence-corrected chi connectivity index (χ2v) is 5.24. The Labute approximate surface area is 124 Å². The van der Waals surface area contributed by atoms with Crippen molar-refractivity contribution in [1.82, 2.24) is 9.78 Å². The molecule has 0 atom stereocenters. The van der Waals surface area contributed by atoms with E-state index in [1.807, 2.05) is 43.3 Å².